The van der Waals surface area contributed by atoms with E-state index in [-0.39, 0.29) is 17.3 Å². The standard InChI is InChI=1S/C25H31ClN2O4S/c1-3-32-24-14-9-20(25(29)27-16-15-19-7-5-4-6-8-19)17-21(24)18-28(2)33(30,31)23-12-10-22(26)11-13-23/h7,9-14,17H,3-6,8,15-16,18H2,1-2H3,(H,27,29). The van der Waals surface area contributed by atoms with Crippen LogP contribution in [0.25, 0.3) is 0 Å². The van der Waals surface area contributed by atoms with Gasteiger partial charge in [0.05, 0.1) is 11.5 Å². The second kappa shape index (κ2) is 11.7. The van der Waals surface area contributed by atoms with Gasteiger partial charge in [-0.1, -0.05) is 23.3 Å². The number of carbonyl (C=O) groups excluding carboxylic acids is 1. The van der Waals surface area contributed by atoms with Crippen LogP contribution >= 0.6 is 11.6 Å². The predicted octanol–water partition coefficient (Wildman–Crippen LogP) is 5.18. The molecule has 1 aliphatic rings. The molecule has 0 aliphatic heterocycles. The summed E-state index contributed by atoms with van der Waals surface area (Å²) in [6.45, 7) is 2.94. The van der Waals surface area contributed by atoms with Crippen molar-refractivity contribution in [3.05, 3.63) is 70.3 Å². The quantitative estimate of drug-likeness (QED) is 0.465. The molecule has 8 heteroatoms. The summed E-state index contributed by atoms with van der Waals surface area (Å²) in [6.07, 6.45) is 7.83. The molecule has 0 aromatic heterocycles. The van der Waals surface area contributed by atoms with Gasteiger partial charge in [-0.3, -0.25) is 4.79 Å². The minimum atomic E-state index is -3.73. The summed E-state index contributed by atoms with van der Waals surface area (Å²) < 4.78 is 32.9. The molecule has 0 fully saturated rings. The van der Waals surface area contributed by atoms with E-state index in [1.807, 2.05) is 6.92 Å². The molecule has 0 saturated heterocycles. The van der Waals surface area contributed by atoms with E-state index in [0.29, 0.717) is 35.1 Å². The smallest absolute Gasteiger partial charge is 0.251 e. The highest BCUT2D eigenvalue weighted by molar-refractivity contribution is 7.89. The van der Waals surface area contributed by atoms with Crippen LogP contribution in [0.15, 0.2) is 59.0 Å². The maximum atomic E-state index is 13.0. The molecule has 1 amide bonds. The Bertz CT molecular complexity index is 1100. The van der Waals surface area contributed by atoms with E-state index in [4.69, 9.17) is 16.3 Å². The number of ether oxygens (including phenoxy) is 1. The fourth-order valence-corrected chi connectivity index (χ4v) is 5.10. The Hall–Kier alpha value is -2.35. The lowest BCUT2D eigenvalue weighted by atomic mass is 9.97. The molecule has 0 unspecified atom stereocenters. The molecular formula is C25H31ClN2O4S. The highest BCUT2D eigenvalue weighted by atomic mass is 35.5. The van der Waals surface area contributed by atoms with E-state index in [2.05, 4.69) is 11.4 Å². The number of allylic oxidation sites excluding steroid dienone is 1. The molecule has 0 atom stereocenters. The van der Waals surface area contributed by atoms with E-state index in [9.17, 15) is 13.2 Å². The van der Waals surface area contributed by atoms with Gasteiger partial charge in [0.2, 0.25) is 10.0 Å². The van der Waals surface area contributed by atoms with Gasteiger partial charge in [-0.05, 0) is 81.5 Å². The Morgan fingerprint density at radius 2 is 1.91 bits per heavy atom. The topological polar surface area (TPSA) is 75.7 Å². The zero-order valence-corrected chi connectivity index (χ0v) is 20.7. The number of rotatable bonds is 10. The molecule has 0 saturated carbocycles. The summed E-state index contributed by atoms with van der Waals surface area (Å²) in [6, 6.07) is 11.2. The Morgan fingerprint density at radius 3 is 2.58 bits per heavy atom. The first-order valence-electron chi connectivity index (χ1n) is 11.2. The largest absolute Gasteiger partial charge is 0.494 e. The van der Waals surface area contributed by atoms with E-state index in [1.54, 1.807) is 30.3 Å². The molecule has 3 rings (SSSR count). The van der Waals surface area contributed by atoms with E-state index in [0.717, 1.165) is 19.3 Å². The van der Waals surface area contributed by atoms with Gasteiger partial charge in [0.15, 0.2) is 0 Å². The third-order valence-electron chi connectivity index (χ3n) is 5.65. The third-order valence-corrected chi connectivity index (χ3v) is 7.72. The number of sulfonamides is 1. The van der Waals surface area contributed by atoms with Crippen molar-refractivity contribution >= 4 is 27.5 Å². The SMILES string of the molecule is CCOc1ccc(C(=O)NCCC2=CCCCC2)cc1CN(C)S(=O)(=O)c1ccc(Cl)cc1. The zero-order chi connectivity index (χ0) is 23.8. The monoisotopic (exact) mass is 490 g/mol. The summed E-state index contributed by atoms with van der Waals surface area (Å²) in [4.78, 5) is 12.9. The molecule has 6 nitrogen and oxygen atoms in total. The van der Waals surface area contributed by atoms with Crippen LogP contribution in [0.5, 0.6) is 5.75 Å². The fourth-order valence-electron chi connectivity index (χ4n) is 3.82. The maximum Gasteiger partial charge on any atom is 0.251 e. The molecular weight excluding hydrogens is 460 g/mol. The van der Waals surface area contributed by atoms with Crippen molar-refractivity contribution in [1.29, 1.82) is 0 Å². The highest BCUT2D eigenvalue weighted by Crippen LogP contribution is 2.25. The summed E-state index contributed by atoms with van der Waals surface area (Å²) >= 11 is 5.89. The van der Waals surface area contributed by atoms with Gasteiger partial charge in [-0.15, -0.1) is 0 Å². The number of hydrogen-bond donors (Lipinski definition) is 1. The van der Waals surface area contributed by atoms with Crippen molar-refractivity contribution in [1.82, 2.24) is 9.62 Å². The van der Waals surface area contributed by atoms with Crippen molar-refractivity contribution in [2.75, 3.05) is 20.2 Å². The number of carbonyl (C=O) groups is 1. The summed E-state index contributed by atoms with van der Waals surface area (Å²) in [7, 11) is -2.23. The second-order valence-corrected chi connectivity index (χ2v) is 10.6. The number of nitrogens with one attached hydrogen (secondary N) is 1. The summed E-state index contributed by atoms with van der Waals surface area (Å²) in [5.74, 6) is 0.374. The van der Waals surface area contributed by atoms with Crippen molar-refractivity contribution in [3.63, 3.8) is 0 Å². The van der Waals surface area contributed by atoms with Gasteiger partial charge < -0.3 is 10.1 Å². The molecule has 0 radical (unpaired) electrons. The van der Waals surface area contributed by atoms with Gasteiger partial charge in [0, 0.05) is 36.3 Å². The maximum absolute atomic E-state index is 13.0. The lowest BCUT2D eigenvalue weighted by Crippen LogP contribution is -2.28. The first-order chi connectivity index (χ1) is 15.8. The lowest BCUT2D eigenvalue weighted by molar-refractivity contribution is 0.0954. The number of hydrogen-bond acceptors (Lipinski definition) is 4. The summed E-state index contributed by atoms with van der Waals surface area (Å²) in [5.41, 5.74) is 2.51. The van der Waals surface area contributed by atoms with Crippen molar-refractivity contribution in [3.8, 4) is 5.75 Å². The van der Waals surface area contributed by atoms with Crippen LogP contribution in [-0.4, -0.2) is 38.8 Å². The van der Waals surface area contributed by atoms with E-state index >= 15 is 0 Å². The average Bonchev–Trinajstić information content (AvgIpc) is 2.81. The van der Waals surface area contributed by atoms with E-state index in [1.165, 1.54) is 41.9 Å². The van der Waals surface area contributed by atoms with Gasteiger partial charge in [-0.25, -0.2) is 8.42 Å². The van der Waals surface area contributed by atoms with Crippen LogP contribution in [0.3, 0.4) is 0 Å². The molecule has 2 aromatic carbocycles. The molecule has 0 heterocycles. The van der Waals surface area contributed by atoms with Crippen LogP contribution in [0.2, 0.25) is 5.02 Å². The van der Waals surface area contributed by atoms with Crippen LogP contribution < -0.4 is 10.1 Å². The highest BCUT2D eigenvalue weighted by Gasteiger charge is 2.23. The second-order valence-electron chi connectivity index (χ2n) is 8.08. The van der Waals surface area contributed by atoms with Gasteiger partial charge in [-0.2, -0.15) is 4.31 Å². The number of benzene rings is 2. The van der Waals surface area contributed by atoms with Gasteiger partial charge in [0.25, 0.3) is 5.91 Å². The predicted molar refractivity (Wildman–Crippen MR) is 131 cm³/mol. The molecule has 1 N–H and O–H groups in total. The minimum absolute atomic E-state index is 0.0638. The van der Waals surface area contributed by atoms with Gasteiger partial charge in [0.1, 0.15) is 5.75 Å². The molecule has 33 heavy (non-hydrogen) atoms. The van der Waals surface area contributed by atoms with Crippen molar-refractivity contribution in [2.45, 2.75) is 50.5 Å². The summed E-state index contributed by atoms with van der Waals surface area (Å²) in [5, 5.41) is 3.44. The molecule has 178 valence electrons. The Morgan fingerprint density at radius 1 is 1.15 bits per heavy atom. The third kappa shape index (κ3) is 6.82. The Labute approximate surface area is 201 Å². The Balaban J connectivity index is 1.73. The molecule has 0 bridgehead atoms. The normalized spacial score (nSPS) is 14.1. The average molecular weight is 491 g/mol. The minimum Gasteiger partial charge on any atom is -0.494 e. The molecule has 0 spiro atoms. The van der Waals surface area contributed by atoms with Crippen molar-refractivity contribution in [2.24, 2.45) is 0 Å². The molecule has 2 aromatic rings. The number of amides is 1. The number of nitrogens with zero attached hydrogens (tertiary/aromatic N) is 1. The number of halogens is 1. The first-order valence-corrected chi connectivity index (χ1v) is 13.1. The van der Waals surface area contributed by atoms with Crippen LogP contribution in [0.1, 0.15) is 54.9 Å². The van der Waals surface area contributed by atoms with Gasteiger partial charge >= 0.3 is 0 Å². The molecule has 1 aliphatic carbocycles. The van der Waals surface area contributed by atoms with Crippen LogP contribution in [0.4, 0.5) is 0 Å². The van der Waals surface area contributed by atoms with Crippen molar-refractivity contribution < 1.29 is 17.9 Å². The lowest BCUT2D eigenvalue weighted by Gasteiger charge is -2.20. The fraction of sp³-hybridized carbons (Fsp3) is 0.400. The van der Waals surface area contributed by atoms with Crippen LogP contribution in [0, 0.1) is 0 Å². The first kappa shape index (κ1) is 25.3. The van der Waals surface area contributed by atoms with Crippen LogP contribution in [-0.2, 0) is 16.6 Å². The zero-order valence-electron chi connectivity index (χ0n) is 19.1. The van der Waals surface area contributed by atoms with E-state index < -0.39 is 10.0 Å². The Kier molecular flexibility index (Phi) is 8.95.